The summed E-state index contributed by atoms with van der Waals surface area (Å²) in [5.41, 5.74) is 0.780. The quantitative estimate of drug-likeness (QED) is 0.317. The molecule has 26 heavy (non-hydrogen) atoms. The van der Waals surface area contributed by atoms with Crippen LogP contribution < -0.4 is 16.0 Å². The molecule has 1 heterocycles. The average molecular weight is 486 g/mol. The number of carbonyl (C=O) groups excluding carboxylic acids is 1. The van der Waals surface area contributed by atoms with Gasteiger partial charge in [-0.1, -0.05) is 18.2 Å². The van der Waals surface area contributed by atoms with Crippen molar-refractivity contribution in [2.75, 3.05) is 18.4 Å². The Labute approximate surface area is 176 Å². The van der Waals surface area contributed by atoms with Crippen LogP contribution in [0.25, 0.3) is 0 Å². The Balaban J connectivity index is 0.00000338. The van der Waals surface area contributed by atoms with Gasteiger partial charge in [-0.25, -0.2) is 4.99 Å². The van der Waals surface area contributed by atoms with Crippen molar-refractivity contribution in [1.82, 2.24) is 10.6 Å². The molecule has 0 aliphatic heterocycles. The number of halogens is 1. The minimum Gasteiger partial charge on any atom is -0.357 e. The third-order valence-corrected chi connectivity index (χ3v) is 4.49. The summed E-state index contributed by atoms with van der Waals surface area (Å²) in [6.45, 7) is 7.07. The maximum Gasteiger partial charge on any atom is 0.246 e. The van der Waals surface area contributed by atoms with Crippen molar-refractivity contribution in [3.63, 3.8) is 0 Å². The first-order valence-electron chi connectivity index (χ1n) is 8.52. The number of benzene rings is 1. The number of para-hydroxylation sites is 1. The molecule has 0 bridgehead atoms. The van der Waals surface area contributed by atoms with Gasteiger partial charge in [-0.05, 0) is 45.0 Å². The van der Waals surface area contributed by atoms with E-state index >= 15 is 0 Å². The molecule has 2 aromatic rings. The molecule has 0 radical (unpaired) electrons. The number of aliphatic imine (C=N–C) groups is 1. The van der Waals surface area contributed by atoms with Crippen LogP contribution in [0.15, 0.2) is 47.5 Å². The number of amides is 1. The first-order valence-corrected chi connectivity index (χ1v) is 9.33. The van der Waals surface area contributed by atoms with Crippen molar-refractivity contribution in [2.45, 2.75) is 33.2 Å². The van der Waals surface area contributed by atoms with E-state index in [0.717, 1.165) is 18.7 Å². The molecular formula is C19H27IN4OS. The molecule has 1 aromatic carbocycles. The van der Waals surface area contributed by atoms with Gasteiger partial charge >= 0.3 is 0 Å². The van der Waals surface area contributed by atoms with Gasteiger partial charge in [-0.15, -0.1) is 35.3 Å². The number of hydrogen-bond donors (Lipinski definition) is 3. The van der Waals surface area contributed by atoms with Crippen molar-refractivity contribution in [1.29, 1.82) is 0 Å². The lowest BCUT2D eigenvalue weighted by atomic mass is 10.2. The lowest BCUT2D eigenvalue weighted by molar-refractivity contribution is -0.114. The monoisotopic (exact) mass is 486 g/mol. The Hall–Kier alpha value is -1.61. The molecule has 0 fully saturated rings. The number of aryl methyl sites for hydroxylation is 1. The summed E-state index contributed by atoms with van der Waals surface area (Å²) in [5.74, 6) is 0.524. The van der Waals surface area contributed by atoms with E-state index in [-0.39, 0.29) is 42.5 Å². The molecule has 0 spiro atoms. The van der Waals surface area contributed by atoms with E-state index in [1.54, 1.807) is 0 Å². The summed E-state index contributed by atoms with van der Waals surface area (Å²) in [6.07, 6.45) is 0.930. The van der Waals surface area contributed by atoms with Crippen LogP contribution in [0, 0.1) is 6.92 Å². The van der Waals surface area contributed by atoms with Gasteiger partial charge in [0.05, 0.1) is 0 Å². The Kier molecular flexibility index (Phi) is 10.3. The minimum absolute atomic E-state index is 0. The maximum absolute atomic E-state index is 12.0. The Bertz CT molecular complexity index is 703. The molecule has 1 aromatic heterocycles. The summed E-state index contributed by atoms with van der Waals surface area (Å²) in [4.78, 5) is 19.1. The molecule has 3 N–H and O–H groups in total. The van der Waals surface area contributed by atoms with Crippen LogP contribution in [0.5, 0.6) is 0 Å². The third kappa shape index (κ3) is 8.18. The van der Waals surface area contributed by atoms with E-state index < -0.39 is 0 Å². The van der Waals surface area contributed by atoms with E-state index in [2.05, 4.69) is 46.9 Å². The predicted molar refractivity (Wildman–Crippen MR) is 122 cm³/mol. The second-order valence-corrected chi connectivity index (χ2v) is 7.24. The van der Waals surface area contributed by atoms with E-state index in [1.165, 1.54) is 9.75 Å². The zero-order valence-electron chi connectivity index (χ0n) is 15.4. The normalized spacial score (nSPS) is 12.0. The number of rotatable bonds is 7. The molecule has 1 amide bonds. The molecule has 1 unspecified atom stereocenters. The fourth-order valence-electron chi connectivity index (χ4n) is 2.37. The van der Waals surface area contributed by atoms with Crippen LogP contribution >= 0.6 is 35.3 Å². The Morgan fingerprint density at radius 2 is 1.92 bits per heavy atom. The predicted octanol–water partition coefficient (Wildman–Crippen LogP) is 3.80. The van der Waals surface area contributed by atoms with Crippen molar-refractivity contribution in [3.05, 3.63) is 52.2 Å². The molecule has 0 saturated carbocycles. The third-order valence-electron chi connectivity index (χ3n) is 3.47. The van der Waals surface area contributed by atoms with Crippen molar-refractivity contribution >= 4 is 52.9 Å². The number of nitrogens with zero attached hydrogens (tertiary/aromatic N) is 1. The van der Waals surface area contributed by atoms with Gasteiger partial charge in [0.25, 0.3) is 0 Å². The van der Waals surface area contributed by atoms with Crippen molar-refractivity contribution in [2.24, 2.45) is 4.99 Å². The number of carbonyl (C=O) groups is 1. The summed E-state index contributed by atoms with van der Waals surface area (Å²) in [5, 5.41) is 9.38. The number of thiophene rings is 1. The molecule has 0 aliphatic carbocycles. The van der Waals surface area contributed by atoms with Gasteiger partial charge < -0.3 is 16.0 Å². The van der Waals surface area contributed by atoms with Gasteiger partial charge in [-0.3, -0.25) is 4.79 Å². The van der Waals surface area contributed by atoms with Gasteiger partial charge in [0.2, 0.25) is 5.91 Å². The van der Waals surface area contributed by atoms with Gasteiger partial charge in [0.1, 0.15) is 6.54 Å². The number of anilines is 1. The lowest BCUT2D eigenvalue weighted by Crippen LogP contribution is -2.43. The fourth-order valence-corrected chi connectivity index (χ4v) is 3.39. The molecule has 142 valence electrons. The summed E-state index contributed by atoms with van der Waals surface area (Å²) >= 11 is 1.81. The topological polar surface area (TPSA) is 65.5 Å². The molecular weight excluding hydrogens is 459 g/mol. The zero-order chi connectivity index (χ0) is 18.1. The smallest absolute Gasteiger partial charge is 0.246 e. The Morgan fingerprint density at radius 3 is 2.54 bits per heavy atom. The zero-order valence-corrected chi connectivity index (χ0v) is 18.6. The summed E-state index contributed by atoms with van der Waals surface area (Å²) < 4.78 is 0. The molecule has 0 saturated heterocycles. The summed E-state index contributed by atoms with van der Waals surface area (Å²) in [7, 11) is 0. The van der Waals surface area contributed by atoms with E-state index in [9.17, 15) is 4.79 Å². The minimum atomic E-state index is -0.134. The largest absolute Gasteiger partial charge is 0.357 e. The molecule has 2 rings (SSSR count). The van der Waals surface area contributed by atoms with E-state index in [1.807, 2.05) is 48.6 Å². The highest BCUT2D eigenvalue weighted by molar-refractivity contribution is 14.0. The maximum atomic E-state index is 12.0. The van der Waals surface area contributed by atoms with Crippen molar-refractivity contribution in [3.8, 4) is 0 Å². The van der Waals surface area contributed by atoms with E-state index in [0.29, 0.717) is 5.96 Å². The Morgan fingerprint density at radius 1 is 1.19 bits per heavy atom. The number of guanidine groups is 1. The highest BCUT2D eigenvalue weighted by atomic mass is 127. The van der Waals surface area contributed by atoms with Gasteiger partial charge in [0, 0.05) is 34.4 Å². The van der Waals surface area contributed by atoms with Crippen LogP contribution in [-0.4, -0.2) is 31.0 Å². The van der Waals surface area contributed by atoms with Gasteiger partial charge in [-0.2, -0.15) is 0 Å². The molecule has 7 heteroatoms. The lowest BCUT2D eigenvalue weighted by Gasteiger charge is -2.17. The summed E-state index contributed by atoms with van der Waals surface area (Å²) in [6, 6.07) is 13.9. The second-order valence-electron chi connectivity index (χ2n) is 5.87. The molecule has 1 atom stereocenters. The average Bonchev–Trinajstić information content (AvgIpc) is 2.98. The SMILES string of the molecule is CCNC(=NCC(=O)Nc1ccccc1)NC(C)Cc1ccc(C)s1.I. The molecule has 5 nitrogen and oxygen atoms in total. The second kappa shape index (κ2) is 11.9. The van der Waals surface area contributed by atoms with E-state index in [4.69, 9.17) is 0 Å². The van der Waals surface area contributed by atoms with Crippen LogP contribution in [-0.2, 0) is 11.2 Å². The first-order chi connectivity index (χ1) is 12.1. The highest BCUT2D eigenvalue weighted by Gasteiger charge is 2.09. The van der Waals surface area contributed by atoms with Crippen LogP contribution in [0.2, 0.25) is 0 Å². The number of hydrogen-bond acceptors (Lipinski definition) is 3. The van der Waals surface area contributed by atoms with Crippen LogP contribution in [0.4, 0.5) is 5.69 Å². The fraction of sp³-hybridized carbons (Fsp3) is 0.368. The van der Waals surface area contributed by atoms with Crippen LogP contribution in [0.1, 0.15) is 23.6 Å². The van der Waals surface area contributed by atoms with Crippen molar-refractivity contribution < 1.29 is 4.79 Å². The van der Waals surface area contributed by atoms with Crippen LogP contribution in [0.3, 0.4) is 0 Å². The van der Waals surface area contributed by atoms with Gasteiger partial charge in [0.15, 0.2) is 5.96 Å². The number of nitrogens with one attached hydrogen (secondary N) is 3. The standard InChI is InChI=1S/C19H26N4OS.HI/c1-4-20-19(22-14(2)12-17-11-10-15(3)25-17)21-13-18(24)23-16-8-6-5-7-9-16;/h5-11,14H,4,12-13H2,1-3H3,(H,23,24)(H2,20,21,22);1H. The highest BCUT2D eigenvalue weighted by Crippen LogP contribution is 2.16. The first kappa shape index (κ1) is 22.4. The molecule has 0 aliphatic rings.